The molecule has 0 saturated carbocycles. The van der Waals surface area contributed by atoms with Gasteiger partial charge in [0, 0.05) is 16.7 Å². The lowest BCUT2D eigenvalue weighted by Crippen LogP contribution is -2.23. The molecule has 12 heteroatoms. The fourth-order valence-electron chi connectivity index (χ4n) is 5.16. The Labute approximate surface area is 236 Å². The number of hydrogen-bond acceptors (Lipinski definition) is 7. The van der Waals surface area contributed by atoms with Crippen molar-refractivity contribution in [1.29, 1.82) is 0 Å². The molecule has 5 aromatic rings. The Morgan fingerprint density at radius 2 is 1.79 bits per heavy atom. The van der Waals surface area contributed by atoms with Crippen molar-refractivity contribution in [2.24, 2.45) is 0 Å². The molecule has 3 aromatic carbocycles. The van der Waals surface area contributed by atoms with E-state index in [-0.39, 0.29) is 22.7 Å². The summed E-state index contributed by atoms with van der Waals surface area (Å²) in [6.45, 7) is 1.75. The Morgan fingerprint density at radius 3 is 2.55 bits per heavy atom. The van der Waals surface area contributed by atoms with Gasteiger partial charge in [-0.1, -0.05) is 42.5 Å². The molecule has 2 aromatic heterocycles. The second-order valence-corrected chi connectivity index (χ2v) is 9.54. The van der Waals surface area contributed by atoms with Crippen molar-refractivity contribution in [1.82, 2.24) is 19.7 Å². The second kappa shape index (κ2) is 10.3. The van der Waals surface area contributed by atoms with Gasteiger partial charge in [0.1, 0.15) is 53.2 Å². The van der Waals surface area contributed by atoms with Crippen LogP contribution in [0.25, 0.3) is 27.9 Å². The molecule has 0 fully saturated rings. The highest BCUT2D eigenvalue weighted by atomic mass is 19.4. The normalized spacial score (nSPS) is 15.7. The molecule has 0 spiro atoms. The number of nitrogens with zero attached hydrogens (tertiary/aromatic N) is 4. The first-order valence-electron chi connectivity index (χ1n) is 12.7. The van der Waals surface area contributed by atoms with Crippen LogP contribution < -0.4 is 15.2 Å². The zero-order chi connectivity index (χ0) is 29.6. The van der Waals surface area contributed by atoms with Gasteiger partial charge >= 0.3 is 6.36 Å². The third kappa shape index (κ3) is 4.80. The van der Waals surface area contributed by atoms with Crippen LogP contribution in [0, 0.1) is 5.82 Å². The van der Waals surface area contributed by atoms with E-state index in [0.717, 1.165) is 6.29 Å². The van der Waals surface area contributed by atoms with Gasteiger partial charge in [0.2, 0.25) is 0 Å². The largest absolute Gasteiger partial charge is 0.573 e. The molecule has 2 N–H and O–H groups in total. The molecule has 2 unspecified atom stereocenters. The van der Waals surface area contributed by atoms with Crippen LogP contribution >= 0.6 is 0 Å². The van der Waals surface area contributed by atoms with Crippen LogP contribution in [0.4, 0.5) is 23.4 Å². The van der Waals surface area contributed by atoms with Crippen molar-refractivity contribution in [3.8, 4) is 22.8 Å². The number of allylic oxidation sites excluding steroid dienone is 2. The van der Waals surface area contributed by atoms with Crippen LogP contribution in [0.1, 0.15) is 30.0 Å². The van der Waals surface area contributed by atoms with E-state index in [9.17, 15) is 22.4 Å². The molecule has 0 bridgehead atoms. The first kappa shape index (κ1) is 26.9. The summed E-state index contributed by atoms with van der Waals surface area (Å²) in [6.07, 6.45) is -2.88. The van der Waals surface area contributed by atoms with Crippen molar-refractivity contribution in [3.05, 3.63) is 102 Å². The quantitative estimate of drug-likeness (QED) is 0.183. The van der Waals surface area contributed by atoms with Crippen LogP contribution in [0.15, 0.2) is 84.9 Å². The molecule has 42 heavy (non-hydrogen) atoms. The molecular formula is C30H21F4N5O3. The molecule has 1 aliphatic rings. The Balaban J connectivity index is 1.56. The van der Waals surface area contributed by atoms with Gasteiger partial charge in [0.25, 0.3) is 0 Å². The van der Waals surface area contributed by atoms with Crippen LogP contribution in [0.5, 0.6) is 11.5 Å². The van der Waals surface area contributed by atoms with Crippen LogP contribution in [-0.4, -0.2) is 32.4 Å². The van der Waals surface area contributed by atoms with Crippen molar-refractivity contribution >= 4 is 28.7 Å². The van der Waals surface area contributed by atoms with Crippen LogP contribution in [0.2, 0.25) is 0 Å². The van der Waals surface area contributed by atoms with Gasteiger partial charge in [-0.3, -0.25) is 0 Å². The molecule has 0 radical (unpaired) electrons. The van der Waals surface area contributed by atoms with E-state index in [4.69, 9.17) is 15.6 Å². The number of nitrogens with two attached hydrogens (primary N) is 1. The average Bonchev–Trinajstić information content (AvgIpc) is 3.36. The molecular weight excluding hydrogens is 554 g/mol. The van der Waals surface area contributed by atoms with Crippen molar-refractivity contribution in [3.63, 3.8) is 0 Å². The monoisotopic (exact) mass is 575 g/mol. The van der Waals surface area contributed by atoms with E-state index >= 15 is 0 Å². The minimum atomic E-state index is -4.89. The van der Waals surface area contributed by atoms with Gasteiger partial charge in [-0.05, 0) is 42.8 Å². The summed E-state index contributed by atoms with van der Waals surface area (Å²) in [4.78, 5) is 21.0. The molecule has 6 rings (SSSR count). The number of carbonyl (C=O) groups excluding carboxylic acids is 1. The minimum absolute atomic E-state index is 0.0515. The fraction of sp³-hybridized carbons (Fsp3) is 0.133. The number of halogens is 4. The summed E-state index contributed by atoms with van der Waals surface area (Å²) < 4.78 is 65.1. The molecule has 3 heterocycles. The minimum Gasteiger partial charge on any atom is -0.459 e. The SMILES string of the molecule is CC(C1=C(c2cccc(F)c2)C(C=O)c2ccccc2O1)n1nc(-c2cccc(OC(F)(F)F)c2)c2c(N)ncnc21. The maximum atomic E-state index is 14.4. The maximum Gasteiger partial charge on any atom is 0.573 e. The maximum absolute atomic E-state index is 14.4. The first-order valence-corrected chi connectivity index (χ1v) is 12.7. The molecule has 2 atom stereocenters. The second-order valence-electron chi connectivity index (χ2n) is 9.54. The van der Waals surface area contributed by atoms with Gasteiger partial charge in [0.05, 0.1) is 11.3 Å². The average molecular weight is 576 g/mol. The number of hydrogen-bond donors (Lipinski definition) is 1. The Morgan fingerprint density at radius 1 is 1.02 bits per heavy atom. The number of ether oxygens (including phenoxy) is 2. The molecule has 0 aliphatic carbocycles. The zero-order valence-electron chi connectivity index (χ0n) is 21.8. The summed E-state index contributed by atoms with van der Waals surface area (Å²) in [5.41, 5.74) is 8.45. The number of anilines is 1. The van der Waals surface area contributed by atoms with Gasteiger partial charge in [0.15, 0.2) is 5.65 Å². The zero-order valence-corrected chi connectivity index (χ0v) is 21.8. The highest BCUT2D eigenvalue weighted by molar-refractivity contribution is 5.98. The summed E-state index contributed by atoms with van der Waals surface area (Å²) >= 11 is 0. The number of alkyl halides is 3. The lowest BCUT2D eigenvalue weighted by atomic mass is 9.83. The van der Waals surface area contributed by atoms with Crippen LogP contribution in [0.3, 0.4) is 0 Å². The van der Waals surface area contributed by atoms with Crippen molar-refractivity contribution < 1.29 is 31.8 Å². The highest BCUT2D eigenvalue weighted by Crippen LogP contribution is 2.46. The highest BCUT2D eigenvalue weighted by Gasteiger charge is 2.35. The van der Waals surface area contributed by atoms with E-state index in [1.807, 2.05) is 0 Å². The molecule has 212 valence electrons. The van der Waals surface area contributed by atoms with E-state index in [1.54, 1.807) is 43.3 Å². The number of para-hydroxylation sites is 1. The molecule has 8 nitrogen and oxygen atoms in total. The summed E-state index contributed by atoms with van der Waals surface area (Å²) in [5.74, 6) is -0.924. The number of fused-ring (bicyclic) bond motifs is 2. The smallest absolute Gasteiger partial charge is 0.459 e. The van der Waals surface area contributed by atoms with E-state index in [2.05, 4.69) is 14.7 Å². The summed E-state index contributed by atoms with van der Waals surface area (Å²) in [6, 6.07) is 17.4. The third-order valence-corrected chi connectivity index (χ3v) is 6.93. The Hall–Kier alpha value is -5.26. The predicted molar refractivity (Wildman–Crippen MR) is 146 cm³/mol. The van der Waals surface area contributed by atoms with Gasteiger partial charge < -0.3 is 20.0 Å². The topological polar surface area (TPSA) is 105 Å². The first-order chi connectivity index (χ1) is 20.1. The van der Waals surface area contributed by atoms with Crippen molar-refractivity contribution in [2.45, 2.75) is 25.2 Å². The lowest BCUT2D eigenvalue weighted by molar-refractivity contribution is -0.274. The standard InChI is InChI=1S/C30H21F4N5O3/c1-16(27-24(17-6-4-8-19(31)12-17)22(14-40)21-10-2-3-11-23(21)41-27)39-29-25(28(35)36-15-37-29)26(38-39)18-7-5-9-20(13-18)42-30(32,33)34/h2-16,22H,1H3,(H2,35,36,37). The number of carbonyl (C=O) groups is 1. The number of aromatic nitrogens is 4. The summed E-state index contributed by atoms with van der Waals surface area (Å²) in [5, 5.41) is 5.00. The molecule has 1 aliphatic heterocycles. The van der Waals surface area contributed by atoms with E-state index < -0.39 is 29.9 Å². The van der Waals surface area contributed by atoms with Gasteiger partial charge in [-0.2, -0.15) is 5.10 Å². The Kier molecular flexibility index (Phi) is 6.60. The number of benzene rings is 3. The molecule has 0 amide bonds. The van der Waals surface area contributed by atoms with Gasteiger partial charge in [-0.25, -0.2) is 19.0 Å². The van der Waals surface area contributed by atoms with E-state index in [1.165, 1.54) is 47.4 Å². The Bertz CT molecular complexity index is 1870. The lowest BCUT2D eigenvalue weighted by Gasteiger charge is -2.31. The van der Waals surface area contributed by atoms with Gasteiger partial charge in [-0.15, -0.1) is 13.2 Å². The van der Waals surface area contributed by atoms with E-state index in [0.29, 0.717) is 33.6 Å². The number of rotatable bonds is 6. The number of nitrogen functional groups attached to an aromatic ring is 1. The summed E-state index contributed by atoms with van der Waals surface area (Å²) in [7, 11) is 0. The van der Waals surface area contributed by atoms with Crippen molar-refractivity contribution in [2.75, 3.05) is 5.73 Å². The molecule has 0 saturated heterocycles. The predicted octanol–water partition coefficient (Wildman–Crippen LogP) is 6.46. The van der Waals surface area contributed by atoms with Crippen LogP contribution in [-0.2, 0) is 4.79 Å². The number of aldehydes is 1. The fourth-order valence-corrected chi connectivity index (χ4v) is 5.16. The third-order valence-electron chi connectivity index (χ3n) is 6.93.